The fraction of sp³-hybridized carbons (Fsp3) is 0.700. The van der Waals surface area contributed by atoms with Crippen LogP contribution >= 0.6 is 27.5 Å². The van der Waals surface area contributed by atoms with Gasteiger partial charge in [0.05, 0.1) is 0 Å². The Morgan fingerprint density at radius 1 is 1.54 bits per heavy atom. The molecule has 2 rings (SSSR count). The van der Waals surface area contributed by atoms with Crippen molar-refractivity contribution in [3.8, 4) is 0 Å². The van der Waals surface area contributed by atoms with Crippen molar-refractivity contribution in [3.05, 3.63) is 17.1 Å². The first-order chi connectivity index (χ1) is 6.34. The van der Waals surface area contributed by atoms with E-state index < -0.39 is 0 Å². The van der Waals surface area contributed by atoms with Crippen molar-refractivity contribution < 1.29 is 0 Å². The monoisotopic (exact) mass is 259 g/mol. The summed E-state index contributed by atoms with van der Waals surface area (Å²) < 4.78 is 4.14. The third-order valence-corrected chi connectivity index (χ3v) is 4.30. The van der Waals surface area contributed by atoms with Crippen LogP contribution in [0.3, 0.4) is 0 Å². The predicted octanol–water partition coefficient (Wildman–Crippen LogP) is 3.64. The molecule has 0 amide bonds. The molecule has 0 saturated heterocycles. The highest BCUT2D eigenvalue weighted by molar-refractivity contribution is 9.09. The third-order valence-electron chi connectivity index (χ3n) is 2.70. The van der Waals surface area contributed by atoms with E-state index in [2.05, 4.69) is 26.4 Å². The quantitative estimate of drug-likeness (QED) is 0.740. The zero-order chi connectivity index (χ0) is 9.10. The molecular weight excluding hydrogens is 246 g/mol. The molecule has 13 heavy (non-hydrogen) atoms. The smallest absolute Gasteiger partial charge is 0.0409 e. The summed E-state index contributed by atoms with van der Waals surface area (Å²) in [6.45, 7) is 0. The van der Waals surface area contributed by atoms with Gasteiger partial charge in [-0.3, -0.25) is 0 Å². The minimum Gasteiger partial charge on any atom is -0.201 e. The van der Waals surface area contributed by atoms with Gasteiger partial charge in [-0.25, -0.2) is 4.37 Å². The molecule has 2 atom stereocenters. The van der Waals surface area contributed by atoms with Gasteiger partial charge in [-0.15, -0.1) is 0 Å². The molecule has 3 heteroatoms. The van der Waals surface area contributed by atoms with E-state index in [1.54, 1.807) is 11.5 Å². The molecule has 1 nitrogen and oxygen atoms in total. The van der Waals surface area contributed by atoms with Gasteiger partial charge < -0.3 is 0 Å². The minimum atomic E-state index is 0.763. The Kier molecular flexibility index (Phi) is 3.39. The van der Waals surface area contributed by atoms with Crippen LogP contribution in [0.2, 0.25) is 0 Å². The van der Waals surface area contributed by atoms with E-state index in [1.807, 2.05) is 6.20 Å². The number of aromatic nitrogens is 1. The van der Waals surface area contributed by atoms with Gasteiger partial charge in [-0.1, -0.05) is 28.8 Å². The van der Waals surface area contributed by atoms with E-state index in [0.29, 0.717) is 0 Å². The molecule has 1 aliphatic rings. The van der Waals surface area contributed by atoms with Crippen LogP contribution in [-0.4, -0.2) is 9.20 Å². The lowest BCUT2D eigenvalue weighted by Crippen LogP contribution is -2.16. The SMILES string of the molecule is BrC1CCCC(Cc2ccns2)C1. The van der Waals surface area contributed by atoms with Crippen LogP contribution in [0.5, 0.6) is 0 Å². The second kappa shape index (κ2) is 4.56. The molecule has 1 aliphatic carbocycles. The van der Waals surface area contributed by atoms with Crippen molar-refractivity contribution >= 4 is 27.5 Å². The highest BCUT2D eigenvalue weighted by Gasteiger charge is 2.20. The van der Waals surface area contributed by atoms with Gasteiger partial charge in [-0.2, -0.15) is 0 Å². The fourth-order valence-corrected chi connectivity index (χ4v) is 3.58. The summed E-state index contributed by atoms with van der Waals surface area (Å²) in [4.78, 5) is 2.21. The lowest BCUT2D eigenvalue weighted by atomic mass is 9.86. The lowest BCUT2D eigenvalue weighted by Gasteiger charge is -2.24. The van der Waals surface area contributed by atoms with E-state index in [0.717, 1.165) is 10.7 Å². The van der Waals surface area contributed by atoms with Crippen LogP contribution in [0, 0.1) is 5.92 Å². The maximum absolute atomic E-state index is 4.14. The van der Waals surface area contributed by atoms with Crippen LogP contribution in [-0.2, 0) is 6.42 Å². The number of rotatable bonds is 2. The molecule has 0 radical (unpaired) electrons. The number of halogens is 1. The van der Waals surface area contributed by atoms with Gasteiger partial charge in [0.15, 0.2) is 0 Å². The average Bonchev–Trinajstić information content (AvgIpc) is 2.57. The number of alkyl halides is 1. The molecule has 2 unspecified atom stereocenters. The Hall–Kier alpha value is 0.110. The minimum absolute atomic E-state index is 0.763. The first-order valence-corrected chi connectivity index (χ1v) is 6.57. The Bertz CT molecular complexity index is 247. The molecule has 0 bridgehead atoms. The van der Waals surface area contributed by atoms with Crippen molar-refractivity contribution in [2.45, 2.75) is 36.9 Å². The summed E-state index contributed by atoms with van der Waals surface area (Å²) in [5.41, 5.74) is 0. The van der Waals surface area contributed by atoms with Crippen LogP contribution in [0.4, 0.5) is 0 Å². The summed E-state index contributed by atoms with van der Waals surface area (Å²) in [7, 11) is 0. The number of nitrogens with zero attached hydrogens (tertiary/aromatic N) is 1. The van der Waals surface area contributed by atoms with Gasteiger partial charge in [-0.05, 0) is 42.8 Å². The Balaban J connectivity index is 1.87. The van der Waals surface area contributed by atoms with E-state index in [-0.39, 0.29) is 0 Å². The van der Waals surface area contributed by atoms with Gasteiger partial charge in [0.2, 0.25) is 0 Å². The molecule has 1 saturated carbocycles. The lowest BCUT2D eigenvalue weighted by molar-refractivity contribution is 0.369. The van der Waals surface area contributed by atoms with Crippen molar-refractivity contribution in [1.29, 1.82) is 0 Å². The first-order valence-electron chi connectivity index (χ1n) is 4.88. The Morgan fingerprint density at radius 3 is 3.15 bits per heavy atom. The van der Waals surface area contributed by atoms with E-state index >= 15 is 0 Å². The maximum Gasteiger partial charge on any atom is 0.0409 e. The van der Waals surface area contributed by atoms with E-state index in [1.165, 1.54) is 37.0 Å². The standard InChI is InChI=1S/C10H14BrNS/c11-9-3-1-2-8(6-9)7-10-4-5-12-13-10/h4-5,8-9H,1-3,6-7H2. The molecule has 0 aromatic carbocycles. The van der Waals surface area contributed by atoms with Crippen LogP contribution in [0.1, 0.15) is 30.6 Å². The summed E-state index contributed by atoms with van der Waals surface area (Å²) in [6, 6.07) is 2.16. The van der Waals surface area contributed by atoms with Crippen molar-refractivity contribution in [2.24, 2.45) is 5.92 Å². The van der Waals surface area contributed by atoms with Crippen molar-refractivity contribution in [1.82, 2.24) is 4.37 Å². The highest BCUT2D eigenvalue weighted by Crippen LogP contribution is 2.31. The fourth-order valence-electron chi connectivity index (χ4n) is 2.04. The van der Waals surface area contributed by atoms with Crippen molar-refractivity contribution in [2.75, 3.05) is 0 Å². The second-order valence-electron chi connectivity index (χ2n) is 3.81. The van der Waals surface area contributed by atoms with Gasteiger partial charge >= 0.3 is 0 Å². The molecule has 1 aromatic heterocycles. The molecule has 0 spiro atoms. The van der Waals surface area contributed by atoms with Gasteiger partial charge in [0.25, 0.3) is 0 Å². The van der Waals surface area contributed by atoms with Crippen molar-refractivity contribution in [3.63, 3.8) is 0 Å². The highest BCUT2D eigenvalue weighted by atomic mass is 79.9. The Morgan fingerprint density at radius 2 is 2.46 bits per heavy atom. The van der Waals surface area contributed by atoms with Crippen LogP contribution < -0.4 is 0 Å². The van der Waals surface area contributed by atoms with Crippen LogP contribution in [0.25, 0.3) is 0 Å². The molecule has 0 N–H and O–H groups in total. The number of hydrogen-bond acceptors (Lipinski definition) is 2. The first kappa shape index (κ1) is 9.66. The van der Waals surface area contributed by atoms with E-state index in [4.69, 9.17) is 0 Å². The summed E-state index contributed by atoms with van der Waals surface area (Å²) >= 11 is 5.37. The zero-order valence-corrected chi connectivity index (χ0v) is 9.98. The molecule has 1 aromatic rings. The molecule has 0 aliphatic heterocycles. The molecule has 1 fully saturated rings. The second-order valence-corrected chi connectivity index (χ2v) is 6.03. The molecule has 1 heterocycles. The largest absolute Gasteiger partial charge is 0.201 e. The molecule has 72 valence electrons. The predicted molar refractivity (Wildman–Crippen MR) is 60.5 cm³/mol. The van der Waals surface area contributed by atoms with Crippen LogP contribution in [0.15, 0.2) is 12.3 Å². The Labute approximate surface area is 91.8 Å². The number of hydrogen-bond donors (Lipinski definition) is 0. The summed E-state index contributed by atoms with van der Waals surface area (Å²) in [6.07, 6.45) is 8.65. The summed E-state index contributed by atoms with van der Waals surface area (Å²) in [5, 5.41) is 0. The average molecular weight is 260 g/mol. The summed E-state index contributed by atoms with van der Waals surface area (Å²) in [5.74, 6) is 0.888. The van der Waals surface area contributed by atoms with Gasteiger partial charge in [0.1, 0.15) is 0 Å². The maximum atomic E-state index is 4.14. The molecular formula is C10H14BrNS. The third kappa shape index (κ3) is 2.78. The van der Waals surface area contributed by atoms with Gasteiger partial charge in [0, 0.05) is 15.9 Å². The zero-order valence-electron chi connectivity index (χ0n) is 7.58. The van der Waals surface area contributed by atoms with E-state index in [9.17, 15) is 0 Å². The normalized spacial score (nSPS) is 29.0. The topological polar surface area (TPSA) is 12.9 Å².